The number of carbonyl (C=O) groups excluding carboxylic acids is 1. The molecule has 1 aliphatic heterocycles. The number of hydrogen-bond donors (Lipinski definition) is 1. The zero-order chi connectivity index (χ0) is 24.7. The summed E-state index contributed by atoms with van der Waals surface area (Å²) in [5.41, 5.74) is 1.78. The number of rotatable bonds is 3. The molecule has 0 bridgehead atoms. The average molecular weight is 484 g/mol. The molecular weight excluding hydrogens is 464 g/mol. The third-order valence-electron chi connectivity index (χ3n) is 6.14. The van der Waals surface area contributed by atoms with Crippen LogP contribution in [0.2, 0.25) is 0 Å². The smallest absolute Gasteiger partial charge is 0.416 e. The molecule has 5 nitrogen and oxygen atoms in total. The molecule has 0 radical (unpaired) electrons. The van der Waals surface area contributed by atoms with Gasteiger partial charge >= 0.3 is 12.3 Å². The molecule has 0 spiro atoms. The van der Waals surface area contributed by atoms with E-state index in [4.69, 9.17) is 9.47 Å². The number of aromatic amines is 1. The summed E-state index contributed by atoms with van der Waals surface area (Å²) in [5, 5.41) is 0.679. The minimum atomic E-state index is -4.47. The second-order valence-electron chi connectivity index (χ2n) is 8.22. The van der Waals surface area contributed by atoms with E-state index in [2.05, 4.69) is 4.98 Å². The Kier molecular flexibility index (Phi) is 5.62. The van der Waals surface area contributed by atoms with Crippen LogP contribution >= 0.6 is 0 Å². The molecule has 1 amide bonds. The van der Waals surface area contributed by atoms with Crippen LogP contribution in [-0.2, 0) is 12.6 Å². The van der Waals surface area contributed by atoms with Crippen LogP contribution in [0, 0.1) is 5.82 Å². The minimum absolute atomic E-state index is 0.183. The summed E-state index contributed by atoms with van der Waals surface area (Å²) < 4.78 is 63.9. The number of carbonyl (C=O) groups is 1. The van der Waals surface area contributed by atoms with E-state index in [0.29, 0.717) is 28.8 Å². The van der Waals surface area contributed by atoms with E-state index in [9.17, 15) is 22.4 Å². The predicted octanol–water partition coefficient (Wildman–Crippen LogP) is 6.48. The lowest BCUT2D eigenvalue weighted by Crippen LogP contribution is -2.42. The number of nitrogens with one attached hydrogen (secondary N) is 1. The lowest BCUT2D eigenvalue weighted by Gasteiger charge is -2.35. The number of methoxy groups -OCH3 is 1. The fraction of sp³-hybridized carbons (Fsp3) is 0.192. The number of nitrogens with zero attached hydrogens (tertiary/aromatic N) is 1. The fourth-order valence-corrected chi connectivity index (χ4v) is 4.46. The second-order valence-corrected chi connectivity index (χ2v) is 8.22. The highest BCUT2D eigenvalue weighted by atomic mass is 19.4. The number of H-pyrrole nitrogens is 1. The van der Waals surface area contributed by atoms with Crippen molar-refractivity contribution >= 4 is 17.0 Å². The molecule has 1 atom stereocenters. The molecule has 35 heavy (non-hydrogen) atoms. The average Bonchev–Trinajstić information content (AvgIpc) is 3.22. The van der Waals surface area contributed by atoms with Gasteiger partial charge in [-0.3, -0.25) is 4.90 Å². The summed E-state index contributed by atoms with van der Waals surface area (Å²) >= 11 is 0. The Hall–Kier alpha value is -4.01. The van der Waals surface area contributed by atoms with E-state index >= 15 is 0 Å². The molecule has 0 fully saturated rings. The summed E-state index contributed by atoms with van der Waals surface area (Å²) in [4.78, 5) is 17.8. The lowest BCUT2D eigenvalue weighted by molar-refractivity contribution is -0.137. The van der Waals surface area contributed by atoms with E-state index in [1.807, 2.05) is 0 Å². The van der Waals surface area contributed by atoms with Gasteiger partial charge in [0.2, 0.25) is 0 Å². The Morgan fingerprint density at radius 2 is 1.69 bits per heavy atom. The molecule has 3 aromatic carbocycles. The molecule has 1 aliphatic rings. The van der Waals surface area contributed by atoms with Crippen LogP contribution in [0.15, 0.2) is 66.7 Å². The van der Waals surface area contributed by atoms with Crippen LogP contribution in [-0.4, -0.2) is 29.6 Å². The topological polar surface area (TPSA) is 54.6 Å². The van der Waals surface area contributed by atoms with E-state index in [0.717, 1.165) is 23.3 Å². The number of ether oxygens (including phenoxy) is 2. The molecule has 1 unspecified atom stereocenters. The van der Waals surface area contributed by atoms with Crippen LogP contribution in [0.4, 0.5) is 22.4 Å². The number of halogens is 4. The quantitative estimate of drug-likeness (QED) is 0.339. The van der Waals surface area contributed by atoms with Crippen molar-refractivity contribution in [2.45, 2.75) is 18.6 Å². The number of fused-ring (bicyclic) bond motifs is 3. The van der Waals surface area contributed by atoms with Crippen LogP contribution < -0.4 is 9.47 Å². The molecule has 1 N–H and O–H groups in total. The molecule has 0 aliphatic carbocycles. The Labute approximate surface area is 197 Å². The second kappa shape index (κ2) is 8.65. The third kappa shape index (κ3) is 4.29. The van der Waals surface area contributed by atoms with Crippen molar-refractivity contribution in [2.24, 2.45) is 0 Å². The van der Waals surface area contributed by atoms with Crippen molar-refractivity contribution in [1.82, 2.24) is 9.88 Å². The third-order valence-corrected chi connectivity index (χ3v) is 6.14. The Morgan fingerprint density at radius 3 is 2.34 bits per heavy atom. The van der Waals surface area contributed by atoms with Gasteiger partial charge in [0, 0.05) is 23.1 Å². The van der Waals surface area contributed by atoms with E-state index in [-0.39, 0.29) is 12.3 Å². The molecule has 5 rings (SSSR count). The van der Waals surface area contributed by atoms with Crippen LogP contribution in [0.1, 0.15) is 28.4 Å². The Morgan fingerprint density at radius 1 is 1.00 bits per heavy atom. The van der Waals surface area contributed by atoms with Gasteiger partial charge in [0.05, 0.1) is 12.7 Å². The SMILES string of the molecule is COc1ccc(C2c3[nH]c4cc(C(F)(F)F)ccc4c3CCN2C(=O)Oc2ccc(F)cc2)cc1. The van der Waals surface area contributed by atoms with Gasteiger partial charge in [0.25, 0.3) is 0 Å². The Bertz CT molecular complexity index is 1380. The number of amides is 1. The maximum absolute atomic E-state index is 13.3. The summed E-state index contributed by atoms with van der Waals surface area (Å²) in [7, 11) is 1.54. The monoisotopic (exact) mass is 484 g/mol. The molecule has 180 valence electrons. The normalized spacial score (nSPS) is 15.7. The molecule has 9 heteroatoms. The van der Waals surface area contributed by atoms with Crippen LogP contribution in [0.25, 0.3) is 10.9 Å². The number of hydrogen-bond acceptors (Lipinski definition) is 3. The predicted molar refractivity (Wildman–Crippen MR) is 121 cm³/mol. The van der Waals surface area contributed by atoms with Gasteiger partial charge in [-0.1, -0.05) is 18.2 Å². The Balaban J connectivity index is 1.58. The molecule has 2 heterocycles. The first-order valence-corrected chi connectivity index (χ1v) is 10.8. The highest BCUT2D eigenvalue weighted by Crippen LogP contribution is 2.40. The first-order chi connectivity index (χ1) is 16.7. The highest BCUT2D eigenvalue weighted by molar-refractivity contribution is 5.87. The van der Waals surface area contributed by atoms with Crippen LogP contribution in [0.3, 0.4) is 0 Å². The van der Waals surface area contributed by atoms with Crippen molar-refractivity contribution in [2.75, 3.05) is 13.7 Å². The fourth-order valence-electron chi connectivity index (χ4n) is 4.46. The zero-order valence-electron chi connectivity index (χ0n) is 18.5. The van der Waals surface area contributed by atoms with E-state index in [1.165, 1.54) is 42.3 Å². The zero-order valence-corrected chi connectivity index (χ0v) is 18.5. The summed E-state index contributed by atoms with van der Waals surface area (Å²) in [6.07, 6.45) is -4.70. The van der Waals surface area contributed by atoms with Crippen molar-refractivity contribution in [3.8, 4) is 11.5 Å². The first-order valence-electron chi connectivity index (χ1n) is 10.8. The number of benzene rings is 3. The summed E-state index contributed by atoms with van der Waals surface area (Å²) in [6.45, 7) is 0.275. The van der Waals surface area contributed by atoms with Gasteiger partial charge in [0.15, 0.2) is 0 Å². The molecular formula is C26H20F4N2O3. The number of alkyl halides is 3. The van der Waals surface area contributed by atoms with Gasteiger partial charge < -0.3 is 14.5 Å². The van der Waals surface area contributed by atoms with Gasteiger partial charge in [-0.15, -0.1) is 0 Å². The van der Waals surface area contributed by atoms with Crippen molar-refractivity contribution in [3.05, 3.63) is 94.9 Å². The molecule has 1 aromatic heterocycles. The van der Waals surface area contributed by atoms with Crippen molar-refractivity contribution in [3.63, 3.8) is 0 Å². The standard InChI is InChI=1S/C26H20F4N2O3/c1-34-18-7-2-15(3-8-18)24-23-21(20-11-4-16(26(28,29)30)14-22(20)31-23)12-13-32(24)25(33)35-19-9-5-17(27)6-10-19/h2-11,14,24,31H,12-13H2,1H3. The van der Waals surface area contributed by atoms with Gasteiger partial charge in [-0.2, -0.15) is 13.2 Å². The highest BCUT2D eigenvalue weighted by Gasteiger charge is 2.37. The molecule has 4 aromatic rings. The van der Waals surface area contributed by atoms with E-state index in [1.54, 1.807) is 24.3 Å². The van der Waals surface area contributed by atoms with Crippen molar-refractivity contribution in [1.29, 1.82) is 0 Å². The largest absolute Gasteiger partial charge is 0.497 e. The molecule has 0 saturated heterocycles. The first kappa shape index (κ1) is 22.8. The minimum Gasteiger partial charge on any atom is -0.497 e. The van der Waals surface area contributed by atoms with Crippen molar-refractivity contribution < 1.29 is 31.8 Å². The van der Waals surface area contributed by atoms with Gasteiger partial charge in [-0.05, 0) is 66.1 Å². The summed E-state index contributed by atoms with van der Waals surface area (Å²) in [5.74, 6) is 0.346. The summed E-state index contributed by atoms with van der Waals surface area (Å²) in [6, 6.07) is 15.1. The van der Waals surface area contributed by atoms with Gasteiger partial charge in [0.1, 0.15) is 23.4 Å². The lowest BCUT2D eigenvalue weighted by atomic mass is 9.92. The van der Waals surface area contributed by atoms with Gasteiger partial charge in [-0.25, -0.2) is 9.18 Å². The number of aromatic nitrogens is 1. The maximum Gasteiger partial charge on any atom is 0.416 e. The maximum atomic E-state index is 13.3. The van der Waals surface area contributed by atoms with E-state index < -0.39 is 29.7 Å². The molecule has 0 saturated carbocycles. The van der Waals surface area contributed by atoms with Crippen LogP contribution in [0.5, 0.6) is 11.5 Å².